The second-order valence-electron chi connectivity index (χ2n) is 11.7. The Morgan fingerprint density at radius 1 is 0.854 bits per heavy atom. The maximum absolute atomic E-state index is 14.2. The van der Waals surface area contributed by atoms with E-state index < -0.39 is 59.1 Å². The normalized spacial score (nSPS) is 24.1. The molecule has 0 aliphatic carbocycles. The number of amides is 3. The Kier molecular flexibility index (Phi) is 9.62. The molecule has 0 unspecified atom stereocenters. The number of carboxylic acids is 1. The summed E-state index contributed by atoms with van der Waals surface area (Å²) in [7, 11) is 0. The van der Waals surface area contributed by atoms with Gasteiger partial charge in [-0.3, -0.25) is 24.6 Å². The Bertz CT molecular complexity index is 1690. The number of aliphatic carboxylic acids is 1. The molecule has 4 atom stereocenters. The number of piperidine rings is 1. The average molecular weight is 696 g/mol. The van der Waals surface area contributed by atoms with Crippen molar-refractivity contribution < 1.29 is 50.6 Å². The Labute approximate surface area is 275 Å². The van der Waals surface area contributed by atoms with Gasteiger partial charge in [-0.15, -0.1) is 0 Å². The van der Waals surface area contributed by atoms with E-state index in [1.165, 1.54) is 17.0 Å². The predicted octanol–water partition coefficient (Wildman–Crippen LogP) is 6.00. The van der Waals surface area contributed by atoms with Gasteiger partial charge in [0.05, 0.1) is 23.9 Å². The van der Waals surface area contributed by atoms with Crippen LogP contribution in [0.1, 0.15) is 41.1 Å². The van der Waals surface area contributed by atoms with E-state index in [1.807, 2.05) is 42.5 Å². The molecule has 15 heteroatoms. The van der Waals surface area contributed by atoms with Gasteiger partial charge < -0.3 is 10.0 Å². The minimum atomic E-state index is -5.08. The molecule has 3 saturated heterocycles. The smallest absolute Gasteiger partial charge is 0.475 e. The summed E-state index contributed by atoms with van der Waals surface area (Å²) >= 11 is 6.03. The van der Waals surface area contributed by atoms with Crippen molar-refractivity contribution in [1.82, 2.24) is 15.1 Å². The standard InChI is InChI=1S/C31H27ClF3N3O3.C2HF3O2/c32-23-13-7-20(8-14-23)17-37-16-4-15-30(29(37)41)25-24(26(36-30)21-9-11-22(12-10-21)31(33,34)35)27(39)38(28(25)40)18-19-5-2-1-3-6-19;3-2(4,5)1(6)7/h1-3,5-14,24-26,36H,4,15-18H2;(H,6,7)/t24-,25-,26-,30-;/m1./s1. The third-order valence-corrected chi connectivity index (χ3v) is 8.98. The van der Waals surface area contributed by atoms with E-state index in [0.717, 1.165) is 23.3 Å². The van der Waals surface area contributed by atoms with Crippen LogP contribution in [0.4, 0.5) is 26.3 Å². The van der Waals surface area contributed by atoms with E-state index in [1.54, 1.807) is 17.0 Å². The molecule has 1 spiro atoms. The van der Waals surface area contributed by atoms with Crippen LogP contribution in [0.5, 0.6) is 0 Å². The average Bonchev–Trinajstić information content (AvgIpc) is 3.50. The van der Waals surface area contributed by atoms with Gasteiger partial charge in [0.2, 0.25) is 17.7 Å². The molecule has 8 nitrogen and oxygen atoms in total. The fourth-order valence-corrected chi connectivity index (χ4v) is 6.70. The van der Waals surface area contributed by atoms with Crippen molar-refractivity contribution in [1.29, 1.82) is 0 Å². The Morgan fingerprint density at radius 2 is 1.44 bits per heavy atom. The number of rotatable bonds is 5. The third kappa shape index (κ3) is 6.90. The highest BCUT2D eigenvalue weighted by molar-refractivity contribution is 6.30. The van der Waals surface area contributed by atoms with Crippen molar-refractivity contribution in [2.45, 2.75) is 49.9 Å². The molecule has 0 saturated carbocycles. The monoisotopic (exact) mass is 695 g/mol. The number of likely N-dealkylation sites (tertiary alicyclic amines) is 2. The number of hydrogen-bond acceptors (Lipinski definition) is 5. The molecule has 3 aliphatic rings. The van der Waals surface area contributed by atoms with Crippen molar-refractivity contribution in [2.75, 3.05) is 6.54 Å². The predicted molar refractivity (Wildman–Crippen MR) is 159 cm³/mol. The highest BCUT2D eigenvalue weighted by Gasteiger charge is 2.69. The first-order chi connectivity index (χ1) is 22.5. The quantitative estimate of drug-likeness (QED) is 0.251. The van der Waals surface area contributed by atoms with E-state index in [-0.39, 0.29) is 12.5 Å². The maximum atomic E-state index is 14.2. The Morgan fingerprint density at radius 3 is 2.00 bits per heavy atom. The second kappa shape index (κ2) is 13.2. The first-order valence-corrected chi connectivity index (χ1v) is 15.1. The highest BCUT2D eigenvalue weighted by atomic mass is 35.5. The van der Waals surface area contributed by atoms with Crippen LogP contribution in [-0.2, 0) is 38.4 Å². The lowest BCUT2D eigenvalue weighted by molar-refractivity contribution is -0.192. The highest BCUT2D eigenvalue weighted by Crippen LogP contribution is 2.52. The Hall–Kier alpha value is -4.43. The number of benzene rings is 3. The molecule has 2 N–H and O–H groups in total. The van der Waals surface area contributed by atoms with Gasteiger partial charge in [-0.1, -0.05) is 66.2 Å². The van der Waals surface area contributed by atoms with E-state index >= 15 is 0 Å². The van der Waals surface area contributed by atoms with Crippen LogP contribution >= 0.6 is 11.6 Å². The molecule has 0 radical (unpaired) electrons. The summed E-state index contributed by atoms with van der Waals surface area (Å²) in [5, 5.41) is 11.0. The first-order valence-electron chi connectivity index (χ1n) is 14.7. The van der Waals surface area contributed by atoms with Crippen molar-refractivity contribution >= 4 is 35.3 Å². The van der Waals surface area contributed by atoms with E-state index in [9.17, 15) is 40.7 Å². The number of carbonyl (C=O) groups excluding carboxylic acids is 3. The van der Waals surface area contributed by atoms with Gasteiger partial charge in [0.1, 0.15) is 5.54 Å². The summed E-state index contributed by atoms with van der Waals surface area (Å²) in [6.07, 6.45) is -8.67. The zero-order valence-electron chi connectivity index (χ0n) is 24.9. The molecule has 0 aromatic heterocycles. The number of alkyl halides is 6. The van der Waals surface area contributed by atoms with Crippen molar-refractivity contribution in [3.05, 3.63) is 106 Å². The van der Waals surface area contributed by atoms with E-state index in [4.69, 9.17) is 21.5 Å². The van der Waals surface area contributed by atoms with Gasteiger partial charge in [-0.2, -0.15) is 26.3 Å². The summed E-state index contributed by atoms with van der Waals surface area (Å²) in [4.78, 5) is 53.9. The van der Waals surface area contributed by atoms with Crippen LogP contribution in [-0.4, -0.2) is 56.9 Å². The summed E-state index contributed by atoms with van der Waals surface area (Å²) < 4.78 is 71.6. The van der Waals surface area contributed by atoms with Crippen LogP contribution in [0.25, 0.3) is 0 Å². The van der Waals surface area contributed by atoms with E-state index in [2.05, 4.69) is 5.32 Å². The van der Waals surface area contributed by atoms with Crippen LogP contribution in [0.2, 0.25) is 5.02 Å². The molecule has 3 aromatic carbocycles. The number of nitrogens with zero attached hydrogens (tertiary/aromatic N) is 2. The van der Waals surface area contributed by atoms with Gasteiger partial charge in [0.25, 0.3) is 0 Å². The maximum Gasteiger partial charge on any atom is 0.490 e. The minimum Gasteiger partial charge on any atom is -0.475 e. The molecule has 254 valence electrons. The zero-order chi connectivity index (χ0) is 35.0. The van der Waals surface area contributed by atoms with E-state index in [0.29, 0.717) is 36.5 Å². The summed E-state index contributed by atoms with van der Waals surface area (Å²) in [5.74, 6) is -5.82. The van der Waals surface area contributed by atoms with Gasteiger partial charge in [-0.05, 0) is 53.8 Å². The minimum absolute atomic E-state index is 0.0595. The van der Waals surface area contributed by atoms with Crippen molar-refractivity contribution in [3.63, 3.8) is 0 Å². The summed E-state index contributed by atoms with van der Waals surface area (Å²) in [6, 6.07) is 20.0. The van der Waals surface area contributed by atoms with Gasteiger partial charge >= 0.3 is 18.3 Å². The van der Waals surface area contributed by atoms with Gasteiger partial charge in [-0.25, -0.2) is 4.79 Å². The molecule has 3 amide bonds. The molecule has 48 heavy (non-hydrogen) atoms. The lowest BCUT2D eigenvalue weighted by atomic mass is 9.74. The molecule has 3 aromatic rings. The SMILES string of the molecule is O=C(O)C(F)(F)F.O=C1[C@H]2[C@@H](c3ccc(C(F)(F)F)cc3)N[C@]3(CCCN(Cc4ccc(Cl)cc4)C3=O)[C@H]2C(=O)N1Cc1ccccc1. The van der Waals surface area contributed by atoms with Crippen molar-refractivity contribution in [2.24, 2.45) is 11.8 Å². The molecule has 3 aliphatic heterocycles. The van der Waals surface area contributed by atoms with Gasteiger partial charge in [0.15, 0.2) is 0 Å². The fourth-order valence-electron chi connectivity index (χ4n) is 6.58. The third-order valence-electron chi connectivity index (χ3n) is 8.72. The number of hydrogen-bond donors (Lipinski definition) is 2. The number of carbonyl (C=O) groups is 4. The molecule has 3 heterocycles. The fraction of sp³-hybridized carbons (Fsp3) is 0.333. The summed E-state index contributed by atoms with van der Waals surface area (Å²) in [6.45, 7) is 0.838. The topological polar surface area (TPSA) is 107 Å². The van der Waals surface area contributed by atoms with Crippen LogP contribution < -0.4 is 5.32 Å². The second-order valence-corrected chi connectivity index (χ2v) is 12.2. The van der Waals surface area contributed by atoms with Gasteiger partial charge in [0, 0.05) is 24.2 Å². The Balaban J connectivity index is 0.000000582. The zero-order valence-corrected chi connectivity index (χ0v) is 25.6. The largest absolute Gasteiger partial charge is 0.490 e. The molecule has 6 rings (SSSR count). The molecule has 0 bridgehead atoms. The lowest BCUT2D eigenvalue weighted by Gasteiger charge is -2.42. The van der Waals surface area contributed by atoms with Crippen LogP contribution in [0.3, 0.4) is 0 Å². The molecule has 3 fully saturated rings. The molecular formula is C33H28ClF6N3O5. The van der Waals surface area contributed by atoms with Crippen LogP contribution in [0.15, 0.2) is 78.9 Å². The van der Waals surface area contributed by atoms with Crippen LogP contribution in [0, 0.1) is 11.8 Å². The first kappa shape index (κ1) is 34.9. The van der Waals surface area contributed by atoms with Crippen molar-refractivity contribution in [3.8, 4) is 0 Å². The number of carboxylic acid groups (broad SMARTS) is 1. The number of halogens is 7. The lowest BCUT2D eigenvalue weighted by Crippen LogP contribution is -2.63. The molecular weight excluding hydrogens is 668 g/mol. The number of imide groups is 1. The number of fused-ring (bicyclic) bond motifs is 2. The number of nitrogens with one attached hydrogen (secondary N) is 1. The summed E-state index contributed by atoms with van der Waals surface area (Å²) in [5.41, 5.74) is -0.112.